The molecule has 0 saturated carbocycles. The Morgan fingerprint density at radius 3 is 3.00 bits per heavy atom. The van der Waals surface area contributed by atoms with Crippen LogP contribution >= 0.6 is 11.8 Å². The molecule has 0 saturated heterocycles. The second-order valence-electron chi connectivity index (χ2n) is 3.12. The number of aliphatic hydroxyl groups excluding tert-OH is 1. The Balaban J connectivity index is 2.29. The lowest BCUT2D eigenvalue weighted by Crippen LogP contribution is -1.86. The molecule has 0 radical (unpaired) electrons. The molecule has 1 aliphatic heterocycles. The Morgan fingerprint density at radius 1 is 1.38 bits per heavy atom. The molecule has 0 atom stereocenters. The van der Waals surface area contributed by atoms with E-state index in [-0.39, 0.29) is 6.61 Å². The maximum atomic E-state index is 8.98. The minimum absolute atomic E-state index is 0.133. The van der Waals surface area contributed by atoms with Gasteiger partial charge in [0.15, 0.2) is 0 Å². The highest BCUT2D eigenvalue weighted by Crippen LogP contribution is 2.30. The van der Waals surface area contributed by atoms with Crippen molar-refractivity contribution in [1.29, 1.82) is 0 Å². The van der Waals surface area contributed by atoms with E-state index < -0.39 is 0 Å². The topological polar surface area (TPSA) is 20.2 Å². The van der Waals surface area contributed by atoms with E-state index in [2.05, 4.69) is 17.5 Å². The normalized spacial score (nSPS) is 15.9. The zero-order chi connectivity index (χ0) is 9.10. The van der Waals surface area contributed by atoms with E-state index in [9.17, 15) is 0 Å². The van der Waals surface area contributed by atoms with Crippen molar-refractivity contribution in [2.75, 3.05) is 5.75 Å². The van der Waals surface area contributed by atoms with Crippen molar-refractivity contribution in [1.82, 2.24) is 0 Å². The van der Waals surface area contributed by atoms with Crippen LogP contribution in [0.25, 0.3) is 5.57 Å². The van der Waals surface area contributed by atoms with Gasteiger partial charge in [0.2, 0.25) is 0 Å². The van der Waals surface area contributed by atoms with Crippen LogP contribution in [0.2, 0.25) is 0 Å². The molecule has 1 aromatic rings. The molecule has 0 aliphatic carbocycles. The zero-order valence-corrected chi connectivity index (χ0v) is 8.18. The molecule has 0 fully saturated rings. The van der Waals surface area contributed by atoms with Crippen LogP contribution in [-0.4, -0.2) is 10.9 Å². The lowest BCUT2D eigenvalue weighted by atomic mass is 10.0. The summed E-state index contributed by atoms with van der Waals surface area (Å²) < 4.78 is 0. The van der Waals surface area contributed by atoms with Crippen LogP contribution < -0.4 is 0 Å². The fraction of sp³-hybridized carbons (Fsp3) is 0.273. The van der Waals surface area contributed by atoms with Crippen LogP contribution in [0.5, 0.6) is 0 Å². The van der Waals surface area contributed by atoms with Crippen LogP contribution in [0.3, 0.4) is 0 Å². The summed E-state index contributed by atoms with van der Waals surface area (Å²) in [5, 5.41) is 11.2. The number of aliphatic hydroxyl groups is 1. The lowest BCUT2D eigenvalue weighted by molar-refractivity contribution is 0.282. The highest BCUT2D eigenvalue weighted by atomic mass is 32.2. The Bertz CT molecular complexity index is 331. The molecular formula is C11H12OS. The second-order valence-corrected chi connectivity index (χ2v) is 4.10. The summed E-state index contributed by atoms with van der Waals surface area (Å²) in [4.78, 5) is 0. The predicted octanol–water partition coefficient (Wildman–Crippen LogP) is 2.66. The molecule has 0 aromatic heterocycles. The quantitative estimate of drug-likeness (QED) is 0.777. The van der Waals surface area contributed by atoms with E-state index in [1.165, 1.54) is 16.9 Å². The maximum Gasteiger partial charge on any atom is 0.0682 e. The monoisotopic (exact) mass is 192 g/mol. The van der Waals surface area contributed by atoms with Gasteiger partial charge >= 0.3 is 0 Å². The van der Waals surface area contributed by atoms with Crippen LogP contribution in [0.1, 0.15) is 17.5 Å². The molecule has 2 rings (SSSR count). The van der Waals surface area contributed by atoms with Crippen molar-refractivity contribution in [2.24, 2.45) is 0 Å². The molecule has 1 nitrogen and oxygen atoms in total. The number of hydrogen-bond donors (Lipinski definition) is 1. The first-order valence-electron chi connectivity index (χ1n) is 4.41. The first kappa shape index (κ1) is 8.85. The SMILES string of the molecule is OCc1cccc(C2=CSCC2)c1. The van der Waals surface area contributed by atoms with E-state index in [0.29, 0.717) is 0 Å². The number of rotatable bonds is 2. The van der Waals surface area contributed by atoms with Crippen LogP contribution in [0.15, 0.2) is 29.7 Å². The third-order valence-electron chi connectivity index (χ3n) is 2.20. The molecule has 1 N–H and O–H groups in total. The van der Waals surface area contributed by atoms with Crippen LogP contribution in [-0.2, 0) is 6.61 Å². The smallest absolute Gasteiger partial charge is 0.0682 e. The van der Waals surface area contributed by atoms with Crippen molar-refractivity contribution in [3.8, 4) is 0 Å². The summed E-state index contributed by atoms with van der Waals surface area (Å²) in [6.07, 6.45) is 1.15. The van der Waals surface area contributed by atoms with Gasteiger partial charge in [-0.1, -0.05) is 18.2 Å². The van der Waals surface area contributed by atoms with Gasteiger partial charge in [-0.05, 0) is 34.6 Å². The van der Waals surface area contributed by atoms with E-state index >= 15 is 0 Å². The van der Waals surface area contributed by atoms with E-state index in [0.717, 1.165) is 12.0 Å². The fourth-order valence-electron chi connectivity index (χ4n) is 1.47. The van der Waals surface area contributed by atoms with Crippen LogP contribution in [0, 0.1) is 0 Å². The lowest BCUT2D eigenvalue weighted by Gasteiger charge is -2.03. The van der Waals surface area contributed by atoms with Gasteiger partial charge in [0.25, 0.3) is 0 Å². The van der Waals surface area contributed by atoms with Crippen molar-refractivity contribution in [3.05, 3.63) is 40.8 Å². The fourth-order valence-corrected chi connectivity index (χ4v) is 2.38. The van der Waals surface area contributed by atoms with Gasteiger partial charge < -0.3 is 5.11 Å². The Morgan fingerprint density at radius 2 is 2.31 bits per heavy atom. The van der Waals surface area contributed by atoms with E-state index in [1.54, 1.807) is 0 Å². The Hall–Kier alpha value is -0.730. The van der Waals surface area contributed by atoms with Gasteiger partial charge in [0, 0.05) is 5.75 Å². The molecule has 68 valence electrons. The molecule has 2 heteroatoms. The second kappa shape index (κ2) is 3.99. The number of allylic oxidation sites excluding steroid dienone is 1. The highest BCUT2D eigenvalue weighted by Gasteiger charge is 2.07. The maximum absolute atomic E-state index is 8.98. The van der Waals surface area contributed by atoms with Crippen molar-refractivity contribution >= 4 is 17.3 Å². The van der Waals surface area contributed by atoms with Gasteiger partial charge in [-0.15, -0.1) is 11.8 Å². The average Bonchev–Trinajstić information content (AvgIpc) is 2.71. The molecule has 1 aromatic carbocycles. The van der Waals surface area contributed by atoms with Gasteiger partial charge in [-0.2, -0.15) is 0 Å². The van der Waals surface area contributed by atoms with Gasteiger partial charge in [0.1, 0.15) is 0 Å². The summed E-state index contributed by atoms with van der Waals surface area (Å²) in [5.41, 5.74) is 3.66. The number of thioether (sulfide) groups is 1. The molecule has 0 unspecified atom stereocenters. The highest BCUT2D eigenvalue weighted by molar-refractivity contribution is 8.02. The summed E-state index contributed by atoms with van der Waals surface area (Å²) >= 11 is 1.87. The molecule has 13 heavy (non-hydrogen) atoms. The third kappa shape index (κ3) is 1.95. The predicted molar refractivity (Wildman–Crippen MR) is 57.4 cm³/mol. The standard InChI is InChI=1S/C11H12OS/c12-7-9-2-1-3-10(6-9)11-4-5-13-8-11/h1-3,6,8,12H,4-5,7H2. The van der Waals surface area contributed by atoms with Crippen molar-refractivity contribution < 1.29 is 5.11 Å². The molecule has 0 bridgehead atoms. The zero-order valence-electron chi connectivity index (χ0n) is 7.36. The largest absolute Gasteiger partial charge is 0.392 e. The summed E-state index contributed by atoms with van der Waals surface area (Å²) in [6, 6.07) is 8.13. The van der Waals surface area contributed by atoms with Crippen molar-refractivity contribution in [3.63, 3.8) is 0 Å². The molecule has 0 spiro atoms. The third-order valence-corrected chi connectivity index (χ3v) is 3.09. The van der Waals surface area contributed by atoms with Gasteiger partial charge in [-0.3, -0.25) is 0 Å². The van der Waals surface area contributed by atoms with Crippen LogP contribution in [0.4, 0.5) is 0 Å². The van der Waals surface area contributed by atoms with E-state index in [1.807, 2.05) is 23.9 Å². The van der Waals surface area contributed by atoms with E-state index in [4.69, 9.17) is 5.11 Å². The summed E-state index contributed by atoms with van der Waals surface area (Å²) in [5.74, 6) is 1.19. The van der Waals surface area contributed by atoms with Crippen molar-refractivity contribution in [2.45, 2.75) is 13.0 Å². The average molecular weight is 192 g/mol. The Labute approximate surface area is 82.5 Å². The van der Waals surface area contributed by atoms with Gasteiger partial charge in [-0.25, -0.2) is 0 Å². The summed E-state index contributed by atoms with van der Waals surface area (Å²) in [7, 11) is 0. The minimum atomic E-state index is 0.133. The number of hydrogen-bond acceptors (Lipinski definition) is 2. The summed E-state index contributed by atoms with van der Waals surface area (Å²) in [6.45, 7) is 0.133. The first-order valence-corrected chi connectivity index (χ1v) is 5.46. The molecule has 1 aliphatic rings. The van der Waals surface area contributed by atoms with Gasteiger partial charge in [0.05, 0.1) is 6.61 Å². The molecule has 1 heterocycles. The number of benzene rings is 1. The molecule has 0 amide bonds. The minimum Gasteiger partial charge on any atom is -0.392 e. The Kier molecular flexibility index (Phi) is 2.71. The first-order chi connectivity index (χ1) is 6.40. The molecular weight excluding hydrogens is 180 g/mol.